The Morgan fingerprint density at radius 2 is 1.77 bits per heavy atom. The van der Waals surface area contributed by atoms with Gasteiger partial charge >= 0.3 is 0 Å². The molecule has 0 fully saturated rings. The minimum absolute atomic E-state index is 0.416. The molecule has 0 radical (unpaired) electrons. The van der Waals surface area contributed by atoms with Gasteiger partial charge in [-0.2, -0.15) is 11.2 Å². The van der Waals surface area contributed by atoms with Crippen LogP contribution in [0.4, 0.5) is 5.69 Å². The Bertz CT molecular complexity index is 974. The Balaban J connectivity index is 1.50. The number of rotatable bonds is 11. The van der Waals surface area contributed by atoms with Gasteiger partial charge < -0.3 is 4.74 Å². The van der Waals surface area contributed by atoms with Crippen molar-refractivity contribution in [2.75, 3.05) is 18.2 Å². The Morgan fingerprint density at radius 3 is 2.40 bits per heavy atom. The first kappa shape index (κ1) is 21.4. The number of nitrogens with zero attached hydrogens (tertiary/aromatic N) is 5. The van der Waals surface area contributed by atoms with Crippen molar-refractivity contribution in [1.29, 1.82) is 5.26 Å². The molecule has 1 unspecified atom stereocenters. The number of unbranched alkanes of at least 4 members (excludes halogenated alkanes) is 1. The summed E-state index contributed by atoms with van der Waals surface area (Å²) in [6.45, 7) is 1.23. The second-order valence-electron chi connectivity index (χ2n) is 6.05. The van der Waals surface area contributed by atoms with E-state index in [4.69, 9.17) is 15.9 Å². The summed E-state index contributed by atoms with van der Waals surface area (Å²) >= 11 is -1.78. The van der Waals surface area contributed by atoms with Crippen molar-refractivity contribution in [1.82, 2.24) is 14.9 Å². The van der Waals surface area contributed by atoms with Gasteiger partial charge in [-0.3, -0.25) is 5.01 Å². The molecule has 0 bridgehead atoms. The van der Waals surface area contributed by atoms with E-state index < -0.39 is 11.1 Å². The Kier molecular flexibility index (Phi) is 7.87. The summed E-state index contributed by atoms with van der Waals surface area (Å²) in [7, 11) is 0. The maximum atomic E-state index is 11.6. The molecule has 0 aliphatic rings. The molecule has 0 aliphatic heterocycles. The van der Waals surface area contributed by atoms with Crippen LogP contribution in [0.5, 0.6) is 5.75 Å². The number of hydrogen-bond acceptors (Lipinski definition) is 9. The largest absolute Gasteiger partial charge is 0.494 e. The second kappa shape index (κ2) is 11.0. The monoisotopic (exact) mass is 428 g/mol. The lowest BCUT2D eigenvalue weighted by Gasteiger charge is -2.24. The Hall–Kier alpha value is -3.30. The molecule has 10 nitrogen and oxygen atoms in total. The molecule has 0 saturated heterocycles. The van der Waals surface area contributed by atoms with E-state index in [1.54, 1.807) is 53.7 Å². The third-order valence-corrected chi connectivity index (χ3v) is 4.99. The number of aromatic nitrogens is 3. The van der Waals surface area contributed by atoms with E-state index in [0.29, 0.717) is 29.4 Å². The third-order valence-electron chi connectivity index (χ3n) is 4.13. The number of benzene rings is 2. The summed E-state index contributed by atoms with van der Waals surface area (Å²) in [6, 6.07) is 16.1. The standard InChI is InChI=1S/C19H20N6O4S/c20-13-16-3-5-17(6-4-16)25(24-14-22-23-15-24)11-1-2-12-27-18-7-9-19(10-8-18)30(26)29-28-21/h3-10,14-15H,1-2,11-12,21H2. The smallest absolute Gasteiger partial charge is 0.222 e. The van der Waals surface area contributed by atoms with Gasteiger partial charge in [0.2, 0.25) is 11.1 Å². The van der Waals surface area contributed by atoms with Gasteiger partial charge in [0.1, 0.15) is 18.4 Å². The number of hydrogen-bond donors (Lipinski definition) is 1. The summed E-state index contributed by atoms with van der Waals surface area (Å²) in [5.74, 6) is 5.39. The lowest BCUT2D eigenvalue weighted by Crippen LogP contribution is -2.29. The third kappa shape index (κ3) is 5.85. The molecule has 1 heterocycles. The van der Waals surface area contributed by atoms with Crippen LogP contribution in [-0.4, -0.2) is 32.2 Å². The fraction of sp³-hybridized carbons (Fsp3) is 0.211. The second-order valence-corrected chi connectivity index (χ2v) is 7.13. The van der Waals surface area contributed by atoms with Gasteiger partial charge in [0.25, 0.3) is 0 Å². The number of nitriles is 1. The summed E-state index contributed by atoms with van der Waals surface area (Å²) in [5, 5.41) is 18.7. The van der Waals surface area contributed by atoms with Crippen molar-refractivity contribution in [2.24, 2.45) is 5.90 Å². The van der Waals surface area contributed by atoms with E-state index in [2.05, 4.69) is 25.6 Å². The molecule has 0 spiro atoms. The van der Waals surface area contributed by atoms with Gasteiger partial charge in [0, 0.05) is 6.54 Å². The summed E-state index contributed by atoms with van der Waals surface area (Å²) in [5.41, 5.74) is 1.54. The molecule has 3 aromatic rings. The minimum Gasteiger partial charge on any atom is -0.494 e. The molecule has 156 valence electrons. The zero-order valence-electron chi connectivity index (χ0n) is 16.0. The normalized spacial score (nSPS) is 11.6. The van der Waals surface area contributed by atoms with Crippen LogP contribution in [-0.2, 0) is 20.4 Å². The first-order chi connectivity index (χ1) is 14.7. The van der Waals surface area contributed by atoms with Gasteiger partial charge in [0.15, 0.2) is 0 Å². The highest BCUT2D eigenvalue weighted by molar-refractivity contribution is 7.80. The summed E-state index contributed by atoms with van der Waals surface area (Å²) in [6.07, 6.45) is 4.91. The van der Waals surface area contributed by atoms with Crippen molar-refractivity contribution >= 4 is 16.8 Å². The van der Waals surface area contributed by atoms with E-state index in [9.17, 15) is 4.21 Å². The molecule has 0 amide bonds. The van der Waals surface area contributed by atoms with Gasteiger partial charge in [0.05, 0.1) is 28.8 Å². The highest BCUT2D eigenvalue weighted by Gasteiger charge is 2.09. The zero-order chi connectivity index (χ0) is 21.2. The van der Waals surface area contributed by atoms with Gasteiger partial charge in [-0.15, -0.1) is 19.5 Å². The molecule has 0 saturated carbocycles. The number of nitrogens with two attached hydrogens (primary N) is 1. The first-order valence-corrected chi connectivity index (χ1v) is 10.1. The van der Waals surface area contributed by atoms with Crippen LogP contribution in [0, 0.1) is 11.3 Å². The minimum atomic E-state index is -1.78. The first-order valence-electron chi connectivity index (χ1n) is 9.02. The van der Waals surface area contributed by atoms with Crippen LogP contribution in [0.1, 0.15) is 18.4 Å². The molecular formula is C19H20N6O4S. The molecule has 1 atom stereocenters. The predicted octanol–water partition coefficient (Wildman–Crippen LogP) is 2.12. The molecule has 2 aromatic carbocycles. The van der Waals surface area contributed by atoms with Crippen molar-refractivity contribution in [3.63, 3.8) is 0 Å². The Morgan fingerprint density at radius 1 is 1.07 bits per heavy atom. The van der Waals surface area contributed by atoms with Crippen LogP contribution in [0.15, 0.2) is 66.1 Å². The van der Waals surface area contributed by atoms with Gasteiger partial charge in [-0.25, -0.2) is 8.89 Å². The predicted molar refractivity (Wildman–Crippen MR) is 108 cm³/mol. The van der Waals surface area contributed by atoms with Crippen molar-refractivity contribution in [3.8, 4) is 11.8 Å². The average molecular weight is 428 g/mol. The van der Waals surface area contributed by atoms with Crippen molar-refractivity contribution in [2.45, 2.75) is 17.7 Å². The number of anilines is 1. The van der Waals surface area contributed by atoms with Gasteiger partial charge in [-0.1, -0.05) is 0 Å². The van der Waals surface area contributed by atoms with Crippen LogP contribution < -0.4 is 15.6 Å². The molecule has 2 N–H and O–H groups in total. The lowest BCUT2D eigenvalue weighted by atomic mass is 10.2. The molecule has 0 aliphatic carbocycles. The topological polar surface area (TPSA) is 129 Å². The van der Waals surface area contributed by atoms with E-state index in [0.717, 1.165) is 18.5 Å². The van der Waals surface area contributed by atoms with E-state index in [-0.39, 0.29) is 0 Å². The van der Waals surface area contributed by atoms with E-state index in [1.807, 2.05) is 17.1 Å². The average Bonchev–Trinajstić information content (AvgIpc) is 3.31. The maximum Gasteiger partial charge on any atom is 0.222 e. The quantitative estimate of drug-likeness (QED) is 0.277. The molecule has 30 heavy (non-hydrogen) atoms. The van der Waals surface area contributed by atoms with E-state index in [1.165, 1.54) is 0 Å². The zero-order valence-corrected chi connectivity index (χ0v) is 16.8. The van der Waals surface area contributed by atoms with E-state index >= 15 is 0 Å². The molecular weight excluding hydrogens is 408 g/mol. The van der Waals surface area contributed by atoms with Crippen molar-refractivity contribution in [3.05, 3.63) is 66.7 Å². The Labute approximate surface area is 175 Å². The highest BCUT2D eigenvalue weighted by Crippen LogP contribution is 2.18. The van der Waals surface area contributed by atoms with Crippen molar-refractivity contribution < 1.29 is 18.3 Å². The lowest BCUT2D eigenvalue weighted by molar-refractivity contribution is -0.201. The maximum absolute atomic E-state index is 11.6. The molecule has 11 heteroatoms. The fourth-order valence-corrected chi connectivity index (χ4v) is 3.19. The summed E-state index contributed by atoms with van der Waals surface area (Å²) < 4.78 is 23.5. The van der Waals surface area contributed by atoms with Crippen LogP contribution in [0.25, 0.3) is 0 Å². The summed E-state index contributed by atoms with van der Waals surface area (Å²) in [4.78, 5) is 4.33. The fourth-order valence-electron chi connectivity index (χ4n) is 2.68. The van der Waals surface area contributed by atoms with Crippen LogP contribution >= 0.6 is 0 Å². The highest BCUT2D eigenvalue weighted by atomic mass is 32.2. The van der Waals surface area contributed by atoms with Crippen LogP contribution in [0.2, 0.25) is 0 Å². The van der Waals surface area contributed by atoms with Gasteiger partial charge in [-0.05, 0) is 61.4 Å². The molecule has 1 aromatic heterocycles. The van der Waals surface area contributed by atoms with Crippen LogP contribution in [0.3, 0.4) is 0 Å². The SMILES string of the molecule is N#Cc1ccc(N(CCCCOc2ccc(S(=O)OON)cc2)n2cnnc2)cc1. The number of ether oxygens (including phenoxy) is 1. The molecule has 3 rings (SSSR count).